The number of carbonyl (C=O) groups excluding carboxylic acids is 1. The van der Waals surface area contributed by atoms with Gasteiger partial charge in [-0.2, -0.15) is 0 Å². The summed E-state index contributed by atoms with van der Waals surface area (Å²) >= 11 is 0. The lowest BCUT2D eigenvalue weighted by Crippen LogP contribution is -2.08. The predicted octanol–water partition coefficient (Wildman–Crippen LogP) is 2.15. The van der Waals surface area contributed by atoms with E-state index in [1.165, 1.54) is 12.8 Å². The fourth-order valence-corrected chi connectivity index (χ4v) is 0.972. The van der Waals surface area contributed by atoms with Gasteiger partial charge in [0.25, 0.3) is 0 Å². The largest absolute Gasteiger partial charge is 0.466 e. The van der Waals surface area contributed by atoms with Gasteiger partial charge in [0.1, 0.15) is 0 Å². The molecule has 0 saturated carbocycles. The van der Waals surface area contributed by atoms with Crippen LogP contribution in [0.3, 0.4) is 0 Å². The van der Waals surface area contributed by atoms with Gasteiger partial charge < -0.3 is 9.47 Å². The monoisotopic (exact) mass is 188 g/mol. The van der Waals surface area contributed by atoms with E-state index in [9.17, 15) is 4.79 Å². The molecule has 0 aliphatic heterocycles. The van der Waals surface area contributed by atoms with Crippen molar-refractivity contribution in [2.75, 3.05) is 20.3 Å². The molecule has 0 fully saturated rings. The summed E-state index contributed by atoms with van der Waals surface area (Å²) in [5, 5.41) is 0. The lowest BCUT2D eigenvalue weighted by atomic mass is 10.2. The predicted molar refractivity (Wildman–Crippen MR) is 51.6 cm³/mol. The summed E-state index contributed by atoms with van der Waals surface area (Å²) in [7, 11) is 1.58. The topological polar surface area (TPSA) is 35.5 Å². The first-order valence-electron chi connectivity index (χ1n) is 4.95. The lowest BCUT2D eigenvalue weighted by Gasteiger charge is -2.03. The Hall–Kier alpha value is -0.570. The molecule has 0 radical (unpaired) electrons. The van der Waals surface area contributed by atoms with Crippen LogP contribution in [0.15, 0.2) is 0 Å². The molecule has 0 spiro atoms. The molecule has 0 aromatic rings. The fourth-order valence-electron chi connectivity index (χ4n) is 0.972. The summed E-state index contributed by atoms with van der Waals surface area (Å²) in [6, 6.07) is 0. The second-order valence-corrected chi connectivity index (χ2v) is 3.02. The third kappa shape index (κ3) is 9.34. The second kappa shape index (κ2) is 9.52. The first-order valence-corrected chi connectivity index (χ1v) is 4.95. The highest BCUT2D eigenvalue weighted by molar-refractivity contribution is 5.69. The van der Waals surface area contributed by atoms with Gasteiger partial charge in [-0.3, -0.25) is 4.79 Å². The van der Waals surface area contributed by atoms with E-state index < -0.39 is 0 Å². The minimum absolute atomic E-state index is 0.154. The summed E-state index contributed by atoms with van der Waals surface area (Å²) in [5.41, 5.74) is 0. The van der Waals surface area contributed by atoms with Crippen molar-refractivity contribution in [3.05, 3.63) is 0 Å². The maximum atomic E-state index is 10.9. The number of unbranched alkanes of at least 4 members (excludes halogenated alkanes) is 3. The summed E-state index contributed by atoms with van der Waals surface area (Å²) in [5.74, 6) is -0.154. The molecule has 0 aliphatic rings. The molecule has 0 aromatic heterocycles. The van der Waals surface area contributed by atoms with Crippen LogP contribution < -0.4 is 0 Å². The quantitative estimate of drug-likeness (QED) is 0.432. The van der Waals surface area contributed by atoms with Crippen molar-refractivity contribution in [1.29, 1.82) is 0 Å². The van der Waals surface area contributed by atoms with E-state index in [1.54, 1.807) is 7.11 Å². The summed E-state index contributed by atoms with van der Waals surface area (Å²) in [4.78, 5) is 10.9. The summed E-state index contributed by atoms with van der Waals surface area (Å²) < 4.78 is 9.73. The average Bonchev–Trinajstić information content (AvgIpc) is 2.14. The molecule has 0 heterocycles. The number of hydrogen-bond acceptors (Lipinski definition) is 3. The summed E-state index contributed by atoms with van der Waals surface area (Å²) in [6.07, 6.45) is 4.91. The zero-order valence-corrected chi connectivity index (χ0v) is 8.67. The molecule has 13 heavy (non-hydrogen) atoms. The number of hydrogen-bond donors (Lipinski definition) is 0. The van der Waals surface area contributed by atoms with Gasteiger partial charge >= 0.3 is 5.97 Å². The lowest BCUT2D eigenvalue weighted by molar-refractivity contribution is -0.144. The van der Waals surface area contributed by atoms with Crippen molar-refractivity contribution < 1.29 is 14.3 Å². The fraction of sp³-hybridized carbons (Fsp3) is 0.900. The Morgan fingerprint density at radius 1 is 1.15 bits per heavy atom. The van der Waals surface area contributed by atoms with Gasteiger partial charge in [0.05, 0.1) is 19.6 Å². The van der Waals surface area contributed by atoms with Crippen molar-refractivity contribution in [1.82, 2.24) is 0 Å². The van der Waals surface area contributed by atoms with Gasteiger partial charge in [-0.1, -0.05) is 26.2 Å². The van der Waals surface area contributed by atoms with Crippen molar-refractivity contribution in [3.63, 3.8) is 0 Å². The molecule has 0 atom stereocenters. The van der Waals surface area contributed by atoms with Crippen LogP contribution in [0.4, 0.5) is 0 Å². The molecule has 3 nitrogen and oxygen atoms in total. The Balaban J connectivity index is 3.08. The highest BCUT2D eigenvalue weighted by Gasteiger charge is 2.00. The second-order valence-electron chi connectivity index (χ2n) is 3.02. The molecule has 0 saturated heterocycles. The minimum atomic E-state index is -0.154. The van der Waals surface area contributed by atoms with E-state index in [1.807, 2.05) is 0 Å². The maximum Gasteiger partial charge on any atom is 0.308 e. The van der Waals surface area contributed by atoms with E-state index in [4.69, 9.17) is 9.47 Å². The van der Waals surface area contributed by atoms with Crippen molar-refractivity contribution in [2.24, 2.45) is 0 Å². The SMILES string of the molecule is CCCCCCOC(=O)CCOC. The first kappa shape index (κ1) is 12.4. The van der Waals surface area contributed by atoms with Gasteiger partial charge in [-0.05, 0) is 6.42 Å². The Morgan fingerprint density at radius 2 is 1.92 bits per heavy atom. The van der Waals surface area contributed by atoms with Crippen LogP contribution in [-0.2, 0) is 14.3 Å². The minimum Gasteiger partial charge on any atom is -0.466 e. The normalized spacial score (nSPS) is 10.0. The zero-order chi connectivity index (χ0) is 9.94. The van der Waals surface area contributed by atoms with Crippen molar-refractivity contribution >= 4 is 5.97 Å². The molecular weight excluding hydrogens is 168 g/mol. The van der Waals surface area contributed by atoms with Crippen LogP contribution >= 0.6 is 0 Å². The van der Waals surface area contributed by atoms with Crippen LogP contribution in [0.1, 0.15) is 39.0 Å². The van der Waals surface area contributed by atoms with Crippen LogP contribution in [0.25, 0.3) is 0 Å². The standard InChI is InChI=1S/C10H20O3/c1-3-4-5-6-8-13-10(11)7-9-12-2/h3-9H2,1-2H3. The molecule has 0 aromatic carbocycles. The third-order valence-electron chi connectivity index (χ3n) is 1.77. The Kier molecular flexibility index (Phi) is 9.10. The van der Waals surface area contributed by atoms with Crippen LogP contribution in [-0.4, -0.2) is 26.3 Å². The molecule has 0 amide bonds. The number of rotatable bonds is 8. The Bertz CT molecular complexity index is 123. The Morgan fingerprint density at radius 3 is 2.54 bits per heavy atom. The Labute approximate surface area is 80.4 Å². The molecule has 0 aliphatic carbocycles. The summed E-state index contributed by atoms with van der Waals surface area (Å²) in [6.45, 7) is 3.17. The van der Waals surface area contributed by atoms with Gasteiger partial charge in [0.2, 0.25) is 0 Å². The number of esters is 1. The van der Waals surface area contributed by atoms with Gasteiger partial charge in [0, 0.05) is 7.11 Å². The van der Waals surface area contributed by atoms with Gasteiger partial charge in [-0.25, -0.2) is 0 Å². The first-order chi connectivity index (χ1) is 6.31. The molecule has 0 unspecified atom stereocenters. The van der Waals surface area contributed by atoms with Gasteiger partial charge in [0.15, 0.2) is 0 Å². The number of ether oxygens (including phenoxy) is 2. The van der Waals surface area contributed by atoms with E-state index >= 15 is 0 Å². The van der Waals surface area contributed by atoms with E-state index in [-0.39, 0.29) is 5.97 Å². The third-order valence-corrected chi connectivity index (χ3v) is 1.77. The molecular formula is C10H20O3. The molecule has 0 rings (SSSR count). The molecule has 3 heteroatoms. The van der Waals surface area contributed by atoms with E-state index in [0.29, 0.717) is 19.6 Å². The van der Waals surface area contributed by atoms with Crippen LogP contribution in [0, 0.1) is 0 Å². The number of methoxy groups -OCH3 is 1. The van der Waals surface area contributed by atoms with Crippen LogP contribution in [0.5, 0.6) is 0 Å². The highest BCUT2D eigenvalue weighted by atomic mass is 16.5. The van der Waals surface area contributed by atoms with E-state index in [0.717, 1.165) is 12.8 Å². The van der Waals surface area contributed by atoms with Crippen molar-refractivity contribution in [3.8, 4) is 0 Å². The maximum absolute atomic E-state index is 10.9. The molecule has 0 N–H and O–H groups in total. The number of carbonyl (C=O) groups is 1. The van der Waals surface area contributed by atoms with Gasteiger partial charge in [-0.15, -0.1) is 0 Å². The molecule has 78 valence electrons. The smallest absolute Gasteiger partial charge is 0.308 e. The average molecular weight is 188 g/mol. The van der Waals surface area contributed by atoms with E-state index in [2.05, 4.69) is 6.92 Å². The highest BCUT2D eigenvalue weighted by Crippen LogP contribution is 1.99. The van der Waals surface area contributed by atoms with Crippen LogP contribution in [0.2, 0.25) is 0 Å². The zero-order valence-electron chi connectivity index (χ0n) is 8.67. The van der Waals surface area contributed by atoms with Crippen molar-refractivity contribution in [2.45, 2.75) is 39.0 Å². The molecule has 0 bridgehead atoms.